The van der Waals surface area contributed by atoms with Gasteiger partial charge in [0, 0.05) is 0 Å². The number of aliphatic carboxylic acids is 2. The normalized spacial score (nSPS) is 13.2. The van der Waals surface area contributed by atoms with Crippen LogP contribution < -0.4 is 69.3 Å². The van der Waals surface area contributed by atoms with E-state index < -0.39 is 22.4 Å². The second-order valence-corrected chi connectivity index (χ2v) is 2.64. The van der Waals surface area contributed by atoms with E-state index in [1.54, 1.807) is 0 Å². The van der Waals surface area contributed by atoms with Crippen molar-refractivity contribution < 1.29 is 78.9 Å². The summed E-state index contributed by atoms with van der Waals surface area (Å²) in [6, 6.07) is 0. The summed E-state index contributed by atoms with van der Waals surface area (Å²) in [5, 5.41) is 17.0. The SMILES string of the molecule is O=C([O-])[C@H](S)[C@@H](S)C(=O)[O-].[Na+].[Na+]. The zero-order chi connectivity index (χ0) is 8.31. The van der Waals surface area contributed by atoms with E-state index in [2.05, 4.69) is 25.3 Å². The topological polar surface area (TPSA) is 80.3 Å². The maximum absolute atomic E-state index is 9.92. The Hall–Kier alpha value is 1.64. The zero-order valence-corrected chi connectivity index (χ0v) is 12.5. The molecule has 0 N–H and O–H groups in total. The van der Waals surface area contributed by atoms with Crippen molar-refractivity contribution in [3.8, 4) is 0 Å². The fourth-order valence-corrected chi connectivity index (χ4v) is 0.501. The Bertz CT molecular complexity index is 147. The predicted molar refractivity (Wildman–Crippen MR) is 35.6 cm³/mol. The van der Waals surface area contributed by atoms with Crippen LogP contribution in [0.2, 0.25) is 0 Å². The summed E-state index contributed by atoms with van der Waals surface area (Å²) in [4.78, 5) is 19.8. The molecule has 12 heavy (non-hydrogen) atoms. The van der Waals surface area contributed by atoms with Crippen molar-refractivity contribution in [2.75, 3.05) is 0 Å². The third-order valence-corrected chi connectivity index (χ3v) is 2.04. The van der Waals surface area contributed by atoms with Crippen LogP contribution >= 0.6 is 25.3 Å². The van der Waals surface area contributed by atoms with Crippen LogP contribution in [0, 0.1) is 0 Å². The van der Waals surface area contributed by atoms with Crippen molar-refractivity contribution in [1.82, 2.24) is 0 Å². The van der Waals surface area contributed by atoms with Crippen LogP contribution in [-0.4, -0.2) is 22.4 Å². The van der Waals surface area contributed by atoms with Gasteiger partial charge in [0.1, 0.15) is 0 Å². The number of rotatable bonds is 3. The Morgan fingerprint density at radius 3 is 1.17 bits per heavy atom. The number of hydrogen-bond acceptors (Lipinski definition) is 6. The Morgan fingerprint density at radius 1 is 0.917 bits per heavy atom. The first kappa shape index (κ1) is 19.2. The van der Waals surface area contributed by atoms with Crippen LogP contribution in [0.15, 0.2) is 0 Å². The minimum absolute atomic E-state index is 0. The van der Waals surface area contributed by atoms with Crippen molar-refractivity contribution in [2.24, 2.45) is 0 Å². The average Bonchev–Trinajstić information content (AvgIpc) is 1.84. The van der Waals surface area contributed by atoms with Gasteiger partial charge in [-0.15, -0.1) is 0 Å². The molecule has 0 amide bonds. The van der Waals surface area contributed by atoms with Gasteiger partial charge in [-0.2, -0.15) is 25.3 Å². The summed E-state index contributed by atoms with van der Waals surface area (Å²) in [5.74, 6) is -3.15. The molecule has 0 saturated carbocycles. The van der Waals surface area contributed by atoms with Gasteiger partial charge in [0.2, 0.25) is 0 Å². The maximum atomic E-state index is 9.92. The first-order chi connectivity index (χ1) is 4.46. The second kappa shape index (κ2) is 9.21. The van der Waals surface area contributed by atoms with E-state index in [0.29, 0.717) is 0 Å². The van der Waals surface area contributed by atoms with Gasteiger partial charge in [0.05, 0.1) is 22.4 Å². The molecule has 0 aliphatic rings. The molecular weight excluding hydrogens is 222 g/mol. The van der Waals surface area contributed by atoms with Crippen LogP contribution in [-0.2, 0) is 9.59 Å². The second-order valence-electron chi connectivity index (χ2n) is 1.53. The molecule has 0 spiro atoms. The molecule has 0 saturated heterocycles. The zero-order valence-electron chi connectivity index (χ0n) is 6.68. The molecule has 0 rings (SSSR count). The number of carboxylic acids is 2. The molecule has 0 aliphatic carbocycles. The van der Waals surface area contributed by atoms with E-state index in [0.717, 1.165) is 0 Å². The van der Waals surface area contributed by atoms with Gasteiger partial charge in [0.15, 0.2) is 0 Å². The number of thiol groups is 2. The predicted octanol–water partition coefficient (Wildman–Crippen LogP) is -8.91. The van der Waals surface area contributed by atoms with Gasteiger partial charge in [-0.3, -0.25) is 0 Å². The molecule has 0 aromatic rings. The summed E-state index contributed by atoms with van der Waals surface area (Å²) < 4.78 is 0. The summed E-state index contributed by atoms with van der Waals surface area (Å²) in [6.45, 7) is 0. The molecule has 8 heteroatoms. The Labute approximate surface area is 125 Å². The van der Waals surface area contributed by atoms with E-state index in [-0.39, 0.29) is 59.1 Å². The molecule has 0 aromatic heterocycles. The van der Waals surface area contributed by atoms with Crippen LogP contribution in [0.25, 0.3) is 0 Å². The standard InChI is InChI=1S/C4H6O4S2.2Na/c5-3(6)1(9)2(10)4(7)8;;/h1-2,9-10H,(H,5,6)(H,7,8);;/q;2*+1/p-2/t1-,2-;;/m1../s1. The average molecular weight is 226 g/mol. The van der Waals surface area contributed by atoms with Crippen molar-refractivity contribution in [3.63, 3.8) is 0 Å². The van der Waals surface area contributed by atoms with Crippen molar-refractivity contribution in [3.05, 3.63) is 0 Å². The largest absolute Gasteiger partial charge is 1.00 e. The summed E-state index contributed by atoms with van der Waals surface area (Å²) >= 11 is 6.80. The van der Waals surface area contributed by atoms with Crippen LogP contribution in [0.1, 0.15) is 0 Å². The fourth-order valence-electron chi connectivity index (χ4n) is 0.258. The van der Waals surface area contributed by atoms with Crippen molar-refractivity contribution >= 4 is 37.2 Å². The molecule has 0 unspecified atom stereocenters. The molecule has 2 atom stereocenters. The van der Waals surface area contributed by atoms with Crippen LogP contribution in [0.3, 0.4) is 0 Å². The van der Waals surface area contributed by atoms with E-state index in [1.165, 1.54) is 0 Å². The smallest absolute Gasteiger partial charge is 0.549 e. The summed E-state index contributed by atoms with van der Waals surface area (Å²) in [7, 11) is 0. The van der Waals surface area contributed by atoms with Gasteiger partial charge >= 0.3 is 59.1 Å². The van der Waals surface area contributed by atoms with Gasteiger partial charge in [0.25, 0.3) is 0 Å². The van der Waals surface area contributed by atoms with Gasteiger partial charge in [-0.25, -0.2) is 0 Å². The molecule has 0 aliphatic heterocycles. The van der Waals surface area contributed by atoms with Crippen LogP contribution in [0.5, 0.6) is 0 Å². The van der Waals surface area contributed by atoms with E-state index in [4.69, 9.17) is 0 Å². The number of hydrogen-bond donors (Lipinski definition) is 2. The summed E-state index contributed by atoms with van der Waals surface area (Å²) in [6.07, 6.45) is 0. The first-order valence-corrected chi connectivity index (χ1v) is 3.28. The monoisotopic (exact) mass is 226 g/mol. The molecule has 0 aromatic carbocycles. The molecule has 58 valence electrons. The summed E-state index contributed by atoms with van der Waals surface area (Å²) in [5.41, 5.74) is 0. The number of carbonyl (C=O) groups excluding carboxylic acids is 2. The molecule has 0 radical (unpaired) electrons. The third kappa shape index (κ3) is 7.08. The quantitative estimate of drug-likeness (QED) is 0.370. The minimum Gasteiger partial charge on any atom is -0.549 e. The van der Waals surface area contributed by atoms with E-state index in [1.807, 2.05) is 0 Å². The molecular formula is C4H4Na2O4S2. The van der Waals surface area contributed by atoms with Gasteiger partial charge in [-0.05, 0) is 0 Å². The molecule has 0 heterocycles. The van der Waals surface area contributed by atoms with Gasteiger partial charge < -0.3 is 19.8 Å². The van der Waals surface area contributed by atoms with Crippen molar-refractivity contribution in [1.29, 1.82) is 0 Å². The Kier molecular flexibility index (Phi) is 14.8. The first-order valence-electron chi connectivity index (χ1n) is 2.24. The number of carbonyl (C=O) groups is 2. The molecule has 0 bridgehead atoms. The third-order valence-electron chi connectivity index (χ3n) is 0.782. The minimum atomic E-state index is -1.58. The van der Waals surface area contributed by atoms with Gasteiger partial charge in [-0.1, -0.05) is 0 Å². The van der Waals surface area contributed by atoms with Crippen molar-refractivity contribution in [2.45, 2.75) is 10.5 Å². The molecule has 4 nitrogen and oxygen atoms in total. The Balaban J connectivity index is -0.000000405. The Morgan fingerprint density at radius 2 is 1.08 bits per heavy atom. The van der Waals surface area contributed by atoms with Crippen LogP contribution in [0.4, 0.5) is 0 Å². The van der Waals surface area contributed by atoms with E-state index >= 15 is 0 Å². The fraction of sp³-hybridized carbons (Fsp3) is 0.500. The number of carboxylic acid groups (broad SMARTS) is 2. The maximum Gasteiger partial charge on any atom is 1.00 e. The van der Waals surface area contributed by atoms with E-state index in [9.17, 15) is 19.8 Å². The molecule has 0 fully saturated rings.